The van der Waals surface area contributed by atoms with Gasteiger partial charge >= 0.3 is 0 Å². The van der Waals surface area contributed by atoms with Crippen LogP contribution < -0.4 is 0 Å². The van der Waals surface area contributed by atoms with Crippen LogP contribution in [0.3, 0.4) is 0 Å². The van der Waals surface area contributed by atoms with Crippen molar-refractivity contribution in [1.29, 1.82) is 0 Å². The van der Waals surface area contributed by atoms with Gasteiger partial charge in [-0.1, -0.05) is 24.3 Å². The maximum atomic E-state index is 11.2. The number of nitrogens with zero attached hydrogens (tertiary/aromatic N) is 2. The molecule has 0 radical (unpaired) electrons. The highest BCUT2D eigenvalue weighted by Gasteiger charge is 2.13. The molecular weight excluding hydrogens is 419 g/mol. The number of fused-ring (bicyclic) bond motifs is 1. The minimum atomic E-state index is 0.644. The molecule has 0 spiro atoms. The maximum absolute atomic E-state index is 11.2. The van der Waals surface area contributed by atoms with Crippen molar-refractivity contribution in [3.63, 3.8) is 0 Å². The lowest BCUT2D eigenvalue weighted by Gasteiger charge is -2.04. The van der Waals surface area contributed by atoms with E-state index in [1.165, 1.54) is 0 Å². The number of aromatic nitrogens is 2. The molecule has 3 nitrogen and oxygen atoms in total. The van der Waals surface area contributed by atoms with Gasteiger partial charge in [0.1, 0.15) is 9.53 Å². The summed E-state index contributed by atoms with van der Waals surface area (Å²) in [7, 11) is 0. The summed E-state index contributed by atoms with van der Waals surface area (Å²) in [6, 6.07) is 11.5. The van der Waals surface area contributed by atoms with Crippen LogP contribution in [0.25, 0.3) is 16.9 Å². The van der Waals surface area contributed by atoms with Crippen LogP contribution in [0.15, 0.2) is 47.1 Å². The zero-order valence-corrected chi connectivity index (χ0v) is 13.4. The van der Waals surface area contributed by atoms with Crippen LogP contribution in [-0.2, 0) is 0 Å². The molecule has 0 fully saturated rings. The van der Waals surface area contributed by atoms with Gasteiger partial charge in [-0.3, -0.25) is 9.20 Å². The minimum Gasteiger partial charge on any atom is -0.298 e. The van der Waals surface area contributed by atoms with Crippen molar-refractivity contribution in [1.82, 2.24) is 9.38 Å². The van der Waals surface area contributed by atoms with E-state index in [9.17, 15) is 4.79 Å². The number of hydrogen-bond donors (Lipinski definition) is 0. The molecule has 0 saturated carbocycles. The minimum absolute atomic E-state index is 0.644. The van der Waals surface area contributed by atoms with Gasteiger partial charge in [-0.15, -0.1) is 0 Å². The Morgan fingerprint density at radius 3 is 2.79 bits per heavy atom. The molecule has 0 N–H and O–H groups in total. The van der Waals surface area contributed by atoms with Crippen LogP contribution in [0.5, 0.6) is 0 Å². The van der Waals surface area contributed by atoms with E-state index >= 15 is 0 Å². The molecule has 0 atom stereocenters. The monoisotopic (exact) mass is 426 g/mol. The van der Waals surface area contributed by atoms with E-state index in [2.05, 4.69) is 43.5 Å². The average molecular weight is 427 g/mol. The van der Waals surface area contributed by atoms with E-state index in [0.717, 1.165) is 31.4 Å². The SMILES string of the molecule is O=Cc1ccccc1-c1nc(I)c2ccc(Br)cn12. The van der Waals surface area contributed by atoms with E-state index in [-0.39, 0.29) is 0 Å². The topological polar surface area (TPSA) is 34.4 Å². The van der Waals surface area contributed by atoms with Crippen molar-refractivity contribution in [2.75, 3.05) is 0 Å². The Labute approximate surface area is 131 Å². The van der Waals surface area contributed by atoms with E-state index in [1.54, 1.807) is 6.07 Å². The Bertz CT molecular complexity index is 782. The highest BCUT2D eigenvalue weighted by atomic mass is 127. The predicted molar refractivity (Wildman–Crippen MR) is 86.4 cm³/mol. The van der Waals surface area contributed by atoms with Crippen molar-refractivity contribution in [2.24, 2.45) is 0 Å². The molecule has 3 aromatic rings. The van der Waals surface area contributed by atoms with Crippen LogP contribution in [0.1, 0.15) is 10.4 Å². The fraction of sp³-hybridized carbons (Fsp3) is 0. The summed E-state index contributed by atoms with van der Waals surface area (Å²) in [6.45, 7) is 0. The molecule has 0 saturated heterocycles. The largest absolute Gasteiger partial charge is 0.298 e. The zero-order valence-electron chi connectivity index (χ0n) is 9.68. The first-order valence-corrected chi connectivity index (χ1v) is 7.45. The number of rotatable bonds is 2. The summed E-state index contributed by atoms with van der Waals surface area (Å²) in [5, 5.41) is 0. The summed E-state index contributed by atoms with van der Waals surface area (Å²) in [5.41, 5.74) is 2.51. The third-order valence-corrected chi connectivity index (χ3v) is 4.15. The van der Waals surface area contributed by atoms with Gasteiger partial charge in [-0.2, -0.15) is 0 Å². The van der Waals surface area contributed by atoms with E-state index < -0.39 is 0 Å². The summed E-state index contributed by atoms with van der Waals surface area (Å²) in [6.07, 6.45) is 2.82. The molecule has 19 heavy (non-hydrogen) atoms. The van der Waals surface area contributed by atoms with Gasteiger partial charge in [0.25, 0.3) is 0 Å². The number of pyridine rings is 1. The summed E-state index contributed by atoms with van der Waals surface area (Å²) < 4.78 is 3.88. The third kappa shape index (κ3) is 2.21. The number of benzene rings is 1. The van der Waals surface area contributed by atoms with E-state index in [1.807, 2.05) is 40.9 Å². The molecular formula is C14H8BrIN2O. The number of aldehydes is 1. The normalized spacial score (nSPS) is 10.8. The zero-order chi connectivity index (χ0) is 13.4. The van der Waals surface area contributed by atoms with E-state index in [4.69, 9.17) is 0 Å². The Hall–Kier alpha value is -1.21. The maximum Gasteiger partial charge on any atom is 0.150 e. The van der Waals surface area contributed by atoms with Gasteiger partial charge in [0.05, 0.1) is 5.52 Å². The van der Waals surface area contributed by atoms with Gasteiger partial charge in [0, 0.05) is 21.8 Å². The molecule has 0 aliphatic heterocycles. The van der Waals surface area contributed by atoms with Crippen LogP contribution in [0.2, 0.25) is 0 Å². The fourth-order valence-corrected chi connectivity index (χ4v) is 3.02. The molecule has 0 aliphatic carbocycles. The molecule has 94 valence electrons. The molecule has 0 bridgehead atoms. The third-order valence-electron chi connectivity index (χ3n) is 2.88. The summed E-state index contributed by atoms with van der Waals surface area (Å²) >= 11 is 5.67. The van der Waals surface area contributed by atoms with Crippen LogP contribution >= 0.6 is 38.5 Å². The van der Waals surface area contributed by atoms with Crippen molar-refractivity contribution in [3.05, 3.63) is 56.3 Å². The Morgan fingerprint density at radius 2 is 2.00 bits per heavy atom. The first-order valence-electron chi connectivity index (χ1n) is 5.58. The van der Waals surface area contributed by atoms with Gasteiger partial charge in [0.15, 0.2) is 6.29 Å². The standard InChI is InChI=1S/C14H8BrIN2O/c15-10-5-6-12-13(16)17-14(18(12)7-10)11-4-2-1-3-9(11)8-19/h1-8H. The predicted octanol–water partition coefficient (Wildman–Crippen LogP) is 4.18. The van der Waals surface area contributed by atoms with Gasteiger partial charge in [-0.25, -0.2) is 4.98 Å². The number of halogens is 2. The second-order valence-electron chi connectivity index (χ2n) is 4.03. The number of imidazole rings is 1. The van der Waals surface area contributed by atoms with Crippen molar-refractivity contribution in [3.8, 4) is 11.4 Å². The highest BCUT2D eigenvalue weighted by molar-refractivity contribution is 14.1. The molecule has 0 aliphatic rings. The molecule has 3 rings (SSSR count). The lowest BCUT2D eigenvalue weighted by molar-refractivity contribution is 0.112. The summed E-state index contributed by atoms with van der Waals surface area (Å²) in [5.74, 6) is 0.781. The molecule has 0 amide bonds. The molecule has 2 aromatic heterocycles. The second-order valence-corrected chi connectivity index (χ2v) is 5.97. The number of carbonyl (C=O) groups excluding carboxylic acids is 1. The number of carbonyl (C=O) groups is 1. The Kier molecular flexibility index (Phi) is 3.40. The average Bonchev–Trinajstić information content (AvgIpc) is 2.75. The molecule has 1 aromatic carbocycles. The molecule has 5 heteroatoms. The van der Waals surface area contributed by atoms with Gasteiger partial charge in [-0.05, 0) is 50.7 Å². The summed E-state index contributed by atoms with van der Waals surface area (Å²) in [4.78, 5) is 15.7. The van der Waals surface area contributed by atoms with Crippen LogP contribution in [0, 0.1) is 3.70 Å². The van der Waals surface area contributed by atoms with Crippen molar-refractivity contribution < 1.29 is 4.79 Å². The first-order chi connectivity index (χ1) is 9.20. The second kappa shape index (κ2) is 5.05. The lowest BCUT2D eigenvalue weighted by atomic mass is 10.1. The van der Waals surface area contributed by atoms with Crippen molar-refractivity contribution in [2.45, 2.75) is 0 Å². The quantitative estimate of drug-likeness (QED) is 0.455. The first kappa shape index (κ1) is 12.8. The van der Waals surface area contributed by atoms with Crippen LogP contribution in [-0.4, -0.2) is 15.7 Å². The lowest BCUT2D eigenvalue weighted by Crippen LogP contribution is -1.93. The fourth-order valence-electron chi connectivity index (χ4n) is 2.02. The highest BCUT2D eigenvalue weighted by Crippen LogP contribution is 2.27. The molecule has 0 unspecified atom stereocenters. The van der Waals surface area contributed by atoms with Crippen LogP contribution in [0.4, 0.5) is 0 Å². The van der Waals surface area contributed by atoms with E-state index in [0.29, 0.717) is 5.56 Å². The Balaban J connectivity index is 2.36. The molecule has 2 heterocycles. The van der Waals surface area contributed by atoms with Gasteiger partial charge < -0.3 is 0 Å². The number of hydrogen-bond acceptors (Lipinski definition) is 2. The van der Waals surface area contributed by atoms with Gasteiger partial charge in [0.2, 0.25) is 0 Å². The van der Waals surface area contributed by atoms with Crippen molar-refractivity contribution >= 4 is 50.3 Å². The smallest absolute Gasteiger partial charge is 0.150 e. The Morgan fingerprint density at radius 1 is 1.21 bits per heavy atom.